The van der Waals surface area contributed by atoms with Crippen LogP contribution in [0.2, 0.25) is 0 Å². The minimum absolute atomic E-state index is 0.0435. The fourth-order valence-corrected chi connectivity index (χ4v) is 2.21. The number of aliphatic imine (C=N–C) groups is 1. The van der Waals surface area contributed by atoms with Crippen LogP contribution in [0.1, 0.15) is 36.8 Å². The van der Waals surface area contributed by atoms with Crippen molar-refractivity contribution in [3.05, 3.63) is 36.2 Å². The molecule has 0 spiro atoms. The van der Waals surface area contributed by atoms with Gasteiger partial charge in [0.1, 0.15) is 23.6 Å². The van der Waals surface area contributed by atoms with Crippen LogP contribution < -0.4 is 10.1 Å². The third-order valence-electron chi connectivity index (χ3n) is 4.03. The van der Waals surface area contributed by atoms with Gasteiger partial charge in [0.15, 0.2) is 12.1 Å². The molecule has 1 aromatic heterocycles. The molecule has 1 aromatic rings. The van der Waals surface area contributed by atoms with Gasteiger partial charge >= 0.3 is 5.97 Å². The first-order chi connectivity index (χ1) is 10.8. The standard InChI is InChI=1S/C16H21N3O4/c1-5-6-23-10-7-11(14(20)21)12(17-8-10)13-18-15(22)16(4,19-13)9(2)3/h5,7-9,15,22H,1,6H2,2-4H3,(H,18,19)(H,20,21). The summed E-state index contributed by atoms with van der Waals surface area (Å²) in [6.07, 6.45) is 2.08. The summed E-state index contributed by atoms with van der Waals surface area (Å²) in [4.78, 5) is 20.1. The molecule has 124 valence electrons. The van der Waals surface area contributed by atoms with Gasteiger partial charge < -0.3 is 20.3 Å². The first-order valence-electron chi connectivity index (χ1n) is 7.31. The highest BCUT2D eigenvalue weighted by Gasteiger charge is 2.42. The summed E-state index contributed by atoms with van der Waals surface area (Å²) in [6.45, 7) is 9.48. The van der Waals surface area contributed by atoms with E-state index in [1.165, 1.54) is 12.3 Å². The zero-order valence-electron chi connectivity index (χ0n) is 13.4. The molecule has 1 aliphatic heterocycles. The number of pyridine rings is 1. The van der Waals surface area contributed by atoms with Crippen LogP contribution in [0, 0.1) is 5.92 Å². The predicted octanol–water partition coefficient (Wildman–Crippen LogP) is 1.43. The SMILES string of the molecule is C=CCOc1cnc(C2=NC(C)(C(C)C)C(O)N2)c(C(=O)O)c1. The Bertz CT molecular complexity index is 657. The number of hydrogen-bond donors (Lipinski definition) is 3. The van der Waals surface area contributed by atoms with Crippen LogP contribution in [0.4, 0.5) is 0 Å². The lowest BCUT2D eigenvalue weighted by Crippen LogP contribution is -2.45. The molecule has 7 nitrogen and oxygen atoms in total. The molecule has 0 fully saturated rings. The van der Waals surface area contributed by atoms with Crippen LogP contribution in [0.5, 0.6) is 5.75 Å². The maximum absolute atomic E-state index is 11.5. The molecule has 0 amide bonds. The van der Waals surface area contributed by atoms with E-state index in [-0.39, 0.29) is 29.6 Å². The quantitative estimate of drug-likeness (QED) is 0.685. The number of rotatable bonds is 6. The third kappa shape index (κ3) is 3.19. The first kappa shape index (κ1) is 17.0. The fraction of sp³-hybridized carbons (Fsp3) is 0.438. The van der Waals surface area contributed by atoms with Crippen molar-refractivity contribution in [2.45, 2.75) is 32.5 Å². The van der Waals surface area contributed by atoms with Crippen molar-refractivity contribution >= 4 is 11.8 Å². The second kappa shape index (κ2) is 6.37. The Morgan fingerprint density at radius 1 is 1.61 bits per heavy atom. The van der Waals surface area contributed by atoms with Crippen LogP contribution in [-0.2, 0) is 0 Å². The summed E-state index contributed by atoms with van der Waals surface area (Å²) in [5, 5.41) is 22.5. The number of aliphatic hydroxyl groups excluding tert-OH is 1. The molecule has 3 N–H and O–H groups in total. The normalized spacial score (nSPS) is 23.3. The molecular formula is C16H21N3O4. The third-order valence-corrected chi connectivity index (χ3v) is 4.03. The van der Waals surface area contributed by atoms with E-state index in [1.54, 1.807) is 6.08 Å². The number of aromatic carboxylic acids is 1. The molecule has 2 unspecified atom stereocenters. The van der Waals surface area contributed by atoms with E-state index in [2.05, 4.69) is 21.9 Å². The maximum atomic E-state index is 11.5. The highest BCUT2D eigenvalue weighted by molar-refractivity contribution is 6.07. The average Bonchev–Trinajstić information content (AvgIpc) is 2.81. The van der Waals surface area contributed by atoms with Gasteiger partial charge in [-0.1, -0.05) is 26.5 Å². The van der Waals surface area contributed by atoms with Gasteiger partial charge in [0.05, 0.1) is 11.8 Å². The first-order valence-corrected chi connectivity index (χ1v) is 7.31. The largest absolute Gasteiger partial charge is 0.488 e. The Morgan fingerprint density at radius 2 is 2.30 bits per heavy atom. The van der Waals surface area contributed by atoms with E-state index in [4.69, 9.17) is 4.74 Å². The van der Waals surface area contributed by atoms with Gasteiger partial charge in [-0.2, -0.15) is 0 Å². The summed E-state index contributed by atoms with van der Waals surface area (Å²) in [5.41, 5.74) is -0.616. The molecule has 0 bridgehead atoms. The molecular weight excluding hydrogens is 298 g/mol. The summed E-state index contributed by atoms with van der Waals surface area (Å²) in [5.74, 6) is -0.488. The molecule has 2 atom stereocenters. The van der Waals surface area contributed by atoms with Gasteiger partial charge in [-0.05, 0) is 18.9 Å². The van der Waals surface area contributed by atoms with Crippen molar-refractivity contribution in [3.63, 3.8) is 0 Å². The molecule has 0 radical (unpaired) electrons. The van der Waals surface area contributed by atoms with E-state index >= 15 is 0 Å². The van der Waals surface area contributed by atoms with Gasteiger partial charge in [-0.25, -0.2) is 9.78 Å². The summed E-state index contributed by atoms with van der Waals surface area (Å²) < 4.78 is 5.31. The van der Waals surface area contributed by atoms with Crippen molar-refractivity contribution in [3.8, 4) is 5.75 Å². The lowest BCUT2D eigenvalue weighted by molar-refractivity contribution is 0.0689. The number of aromatic nitrogens is 1. The van der Waals surface area contributed by atoms with Gasteiger partial charge in [0.2, 0.25) is 0 Å². The number of carboxylic acid groups (broad SMARTS) is 1. The Kier molecular flexibility index (Phi) is 4.70. The predicted molar refractivity (Wildman–Crippen MR) is 85.8 cm³/mol. The number of ether oxygens (including phenoxy) is 1. The Hall–Kier alpha value is -2.41. The van der Waals surface area contributed by atoms with Crippen molar-refractivity contribution in [1.29, 1.82) is 0 Å². The molecule has 0 saturated carbocycles. The van der Waals surface area contributed by atoms with Gasteiger partial charge in [-0.15, -0.1) is 0 Å². The van der Waals surface area contributed by atoms with Crippen LogP contribution in [0.25, 0.3) is 0 Å². The van der Waals surface area contributed by atoms with Crippen LogP contribution in [0.3, 0.4) is 0 Å². The molecule has 7 heteroatoms. The number of carbonyl (C=O) groups is 1. The Balaban J connectivity index is 2.43. The van der Waals surface area contributed by atoms with Crippen molar-refractivity contribution in [2.24, 2.45) is 10.9 Å². The lowest BCUT2D eigenvalue weighted by atomic mass is 9.88. The number of nitrogens with one attached hydrogen (secondary N) is 1. The molecule has 1 aliphatic rings. The van der Waals surface area contributed by atoms with E-state index in [1.807, 2.05) is 20.8 Å². The monoisotopic (exact) mass is 319 g/mol. The smallest absolute Gasteiger partial charge is 0.338 e. The second-order valence-electron chi connectivity index (χ2n) is 5.86. The number of nitrogens with zero attached hydrogens (tertiary/aromatic N) is 2. The van der Waals surface area contributed by atoms with Crippen LogP contribution >= 0.6 is 0 Å². The van der Waals surface area contributed by atoms with Gasteiger partial charge in [0, 0.05) is 0 Å². The zero-order valence-corrected chi connectivity index (χ0v) is 13.4. The summed E-state index contributed by atoms with van der Waals surface area (Å²) in [6, 6.07) is 1.38. The molecule has 0 aromatic carbocycles. The van der Waals surface area contributed by atoms with Crippen molar-refractivity contribution in [1.82, 2.24) is 10.3 Å². The van der Waals surface area contributed by atoms with Crippen LogP contribution in [0.15, 0.2) is 29.9 Å². The van der Waals surface area contributed by atoms with E-state index in [0.717, 1.165) is 0 Å². The minimum Gasteiger partial charge on any atom is -0.488 e. The fourth-order valence-electron chi connectivity index (χ4n) is 2.21. The van der Waals surface area contributed by atoms with Gasteiger partial charge in [0.25, 0.3) is 0 Å². The number of aliphatic hydroxyl groups is 1. The summed E-state index contributed by atoms with van der Waals surface area (Å²) >= 11 is 0. The van der Waals surface area contributed by atoms with Crippen molar-refractivity contribution in [2.75, 3.05) is 6.61 Å². The van der Waals surface area contributed by atoms with Crippen LogP contribution in [-0.4, -0.2) is 45.4 Å². The number of hydrogen-bond acceptors (Lipinski definition) is 6. The number of carboxylic acids is 1. The molecule has 2 rings (SSSR count). The summed E-state index contributed by atoms with van der Waals surface area (Å²) in [7, 11) is 0. The van der Waals surface area contributed by atoms with E-state index in [0.29, 0.717) is 5.75 Å². The molecule has 23 heavy (non-hydrogen) atoms. The highest BCUT2D eigenvalue weighted by Crippen LogP contribution is 2.30. The Morgan fingerprint density at radius 3 is 2.83 bits per heavy atom. The van der Waals surface area contributed by atoms with E-state index in [9.17, 15) is 15.0 Å². The van der Waals surface area contributed by atoms with Crippen molar-refractivity contribution < 1.29 is 19.7 Å². The van der Waals surface area contributed by atoms with E-state index < -0.39 is 17.7 Å². The van der Waals surface area contributed by atoms with Gasteiger partial charge in [-0.3, -0.25) is 4.99 Å². The molecule has 0 saturated heterocycles. The zero-order chi connectivity index (χ0) is 17.2. The molecule has 0 aliphatic carbocycles. The lowest BCUT2D eigenvalue weighted by Gasteiger charge is -2.28. The Labute approximate surface area is 134 Å². The number of amidine groups is 1. The minimum atomic E-state index is -1.14. The molecule has 2 heterocycles. The second-order valence-corrected chi connectivity index (χ2v) is 5.86. The highest BCUT2D eigenvalue weighted by atomic mass is 16.5. The average molecular weight is 319 g/mol. The maximum Gasteiger partial charge on any atom is 0.338 e. The topological polar surface area (TPSA) is 104 Å².